The maximum Gasteiger partial charge on any atom is 0.0195 e. The second kappa shape index (κ2) is 56.7. The number of hydrogen-bond acceptors (Lipinski definition) is 0. The first-order chi connectivity index (χ1) is 2.83. The number of hydrogen-bond donors (Lipinski definition) is 0. The van der Waals surface area contributed by atoms with Gasteiger partial charge in [0, 0.05) is 11.8 Å². The first-order valence-corrected chi connectivity index (χ1v) is 3.02. The van der Waals surface area contributed by atoms with Crippen molar-refractivity contribution in [2.75, 3.05) is 11.8 Å². The van der Waals surface area contributed by atoms with Crippen LogP contribution in [0, 0.1) is 0 Å². The summed E-state index contributed by atoms with van der Waals surface area (Å²) in [6.07, 6.45) is 0. The Morgan fingerprint density at radius 2 is 0.778 bits per heavy atom. The van der Waals surface area contributed by atoms with E-state index in [1.807, 2.05) is 13.8 Å². The van der Waals surface area contributed by atoms with E-state index in [9.17, 15) is 0 Å². The van der Waals surface area contributed by atoms with Crippen molar-refractivity contribution >= 4 is 60.4 Å². The van der Waals surface area contributed by atoms with Gasteiger partial charge in [-0.15, -0.1) is 60.4 Å². The summed E-state index contributed by atoms with van der Waals surface area (Å²) in [5.41, 5.74) is 0. The molecule has 5 heteroatoms. The Morgan fingerprint density at radius 1 is 0.778 bits per heavy atom. The van der Waals surface area contributed by atoms with E-state index in [-0.39, 0.29) is 37.2 Å². The monoisotopic (exact) mass is 236 g/mol. The Kier molecular flexibility index (Phi) is 198. The van der Waals surface area contributed by atoms with E-state index in [4.69, 9.17) is 23.2 Å². The van der Waals surface area contributed by atoms with Crippen molar-refractivity contribution in [3.05, 3.63) is 0 Å². The topological polar surface area (TPSA) is 0 Å². The molecule has 64 valence electrons. The minimum atomic E-state index is 0. The predicted molar refractivity (Wildman–Crippen MR) is 54.5 cm³/mol. The van der Waals surface area contributed by atoms with Gasteiger partial charge in [0.25, 0.3) is 0 Å². The third-order valence-corrected chi connectivity index (χ3v) is 0. The summed E-state index contributed by atoms with van der Waals surface area (Å²) in [5, 5.41) is 0. The van der Waals surface area contributed by atoms with Gasteiger partial charge in [0.05, 0.1) is 0 Å². The highest BCUT2D eigenvalue weighted by atomic mass is 35.5. The van der Waals surface area contributed by atoms with Crippen LogP contribution in [0.3, 0.4) is 0 Å². The Morgan fingerprint density at radius 3 is 0.778 bits per heavy atom. The van der Waals surface area contributed by atoms with Gasteiger partial charge in [-0.3, -0.25) is 0 Å². The van der Waals surface area contributed by atoms with Gasteiger partial charge in [0.15, 0.2) is 0 Å². The fourth-order valence-corrected chi connectivity index (χ4v) is 0. The molecule has 0 saturated carbocycles. The molecule has 0 saturated heterocycles. The molecule has 0 fully saturated rings. The van der Waals surface area contributed by atoms with Crippen molar-refractivity contribution in [1.29, 1.82) is 0 Å². The van der Waals surface area contributed by atoms with E-state index in [1.165, 1.54) is 0 Å². The molecule has 0 amide bonds. The molecule has 0 rings (SSSR count). The Hall–Kier alpha value is 1.45. The Balaban J connectivity index is -0.00000000889. The van der Waals surface area contributed by atoms with Gasteiger partial charge in [-0.2, -0.15) is 0 Å². The standard InChI is InChI=1S/2C2H5Cl.3ClH/c2*1-2-3;;;/h2*2H2,1H3;3*1H. The van der Waals surface area contributed by atoms with Crippen molar-refractivity contribution < 1.29 is 0 Å². The van der Waals surface area contributed by atoms with Crippen LogP contribution in [0.4, 0.5) is 0 Å². The van der Waals surface area contributed by atoms with Crippen molar-refractivity contribution in [3.8, 4) is 0 Å². The lowest BCUT2D eigenvalue weighted by Gasteiger charge is -1.45. The summed E-state index contributed by atoms with van der Waals surface area (Å²) in [5.74, 6) is 1.44. The molecule has 0 aromatic heterocycles. The normalized spacial score (nSPS) is 4.00. The highest BCUT2D eigenvalue weighted by molar-refractivity contribution is 6.17. The zero-order valence-corrected chi connectivity index (χ0v) is 9.36. The van der Waals surface area contributed by atoms with Crippen LogP contribution in [-0.4, -0.2) is 11.8 Å². The summed E-state index contributed by atoms with van der Waals surface area (Å²) in [6, 6.07) is 0. The quantitative estimate of drug-likeness (QED) is 0.564. The van der Waals surface area contributed by atoms with Crippen molar-refractivity contribution in [2.45, 2.75) is 13.8 Å². The molecule has 0 aromatic rings. The lowest BCUT2D eigenvalue weighted by molar-refractivity contribution is 1.51. The van der Waals surface area contributed by atoms with Gasteiger partial charge >= 0.3 is 0 Å². The van der Waals surface area contributed by atoms with Crippen molar-refractivity contribution in [1.82, 2.24) is 0 Å². The average Bonchev–Trinajstić information content (AvgIpc) is 1.39. The van der Waals surface area contributed by atoms with E-state index >= 15 is 0 Å². The van der Waals surface area contributed by atoms with E-state index in [1.54, 1.807) is 0 Å². The van der Waals surface area contributed by atoms with Crippen molar-refractivity contribution in [3.63, 3.8) is 0 Å². The minimum absolute atomic E-state index is 0. The molecule has 0 nitrogen and oxygen atoms in total. The third kappa shape index (κ3) is 249. The molecule has 9 heavy (non-hydrogen) atoms. The average molecular weight is 238 g/mol. The molecule has 0 radical (unpaired) electrons. The molecule has 0 aliphatic rings. The van der Waals surface area contributed by atoms with Crippen LogP contribution in [-0.2, 0) is 0 Å². The van der Waals surface area contributed by atoms with Crippen LogP contribution in [0.15, 0.2) is 0 Å². The van der Waals surface area contributed by atoms with Gasteiger partial charge in [0.1, 0.15) is 0 Å². The number of rotatable bonds is 0. The molecule has 0 bridgehead atoms. The number of alkyl halides is 2. The minimum Gasteiger partial charge on any atom is -0.147 e. The van der Waals surface area contributed by atoms with Gasteiger partial charge in [-0.05, 0) is 0 Å². The van der Waals surface area contributed by atoms with E-state index in [0.717, 1.165) is 11.8 Å². The molecule has 0 N–H and O–H groups in total. The highest BCUT2D eigenvalue weighted by Crippen LogP contribution is 1.60. The van der Waals surface area contributed by atoms with Gasteiger partial charge in [-0.25, -0.2) is 0 Å². The Labute approximate surface area is 85.9 Å². The molecule has 0 aliphatic carbocycles. The zero-order valence-electron chi connectivity index (χ0n) is 5.39. The second-order valence-electron chi connectivity index (χ2n) is 0.535. The lowest BCUT2D eigenvalue weighted by atomic mass is 11.0. The zero-order chi connectivity index (χ0) is 5.41. The summed E-state index contributed by atoms with van der Waals surface area (Å²) < 4.78 is 0. The maximum atomic E-state index is 5.00. The fourth-order valence-electron chi connectivity index (χ4n) is 0. The molecule has 0 unspecified atom stereocenters. The first kappa shape index (κ1) is 31.4. The molecule has 0 aliphatic heterocycles. The van der Waals surface area contributed by atoms with Crippen LogP contribution in [0.5, 0.6) is 0 Å². The summed E-state index contributed by atoms with van der Waals surface area (Å²) in [4.78, 5) is 0. The summed E-state index contributed by atoms with van der Waals surface area (Å²) in [7, 11) is 0. The molecule has 0 aromatic carbocycles. The maximum absolute atomic E-state index is 5.00. The Bertz CT molecular complexity index is 10.9. The van der Waals surface area contributed by atoms with Gasteiger partial charge in [-0.1, -0.05) is 13.8 Å². The van der Waals surface area contributed by atoms with Gasteiger partial charge in [0.2, 0.25) is 0 Å². The van der Waals surface area contributed by atoms with Crippen molar-refractivity contribution in [2.24, 2.45) is 0 Å². The third-order valence-electron chi connectivity index (χ3n) is 0. The lowest BCUT2D eigenvalue weighted by Crippen LogP contribution is -1.36. The summed E-state index contributed by atoms with van der Waals surface area (Å²) >= 11 is 10.00. The molecule has 0 heterocycles. The van der Waals surface area contributed by atoms with Crippen LogP contribution in [0.1, 0.15) is 13.8 Å². The molecule has 0 atom stereocenters. The van der Waals surface area contributed by atoms with Crippen LogP contribution in [0.2, 0.25) is 0 Å². The fraction of sp³-hybridized carbons (Fsp3) is 1.00. The van der Waals surface area contributed by atoms with E-state index in [0.29, 0.717) is 0 Å². The molecular weight excluding hydrogens is 225 g/mol. The van der Waals surface area contributed by atoms with Crippen LogP contribution >= 0.6 is 60.4 Å². The highest BCUT2D eigenvalue weighted by Gasteiger charge is 1.38. The second-order valence-corrected chi connectivity index (χ2v) is 1.60. The van der Waals surface area contributed by atoms with E-state index < -0.39 is 0 Å². The van der Waals surface area contributed by atoms with Crippen LogP contribution in [0.25, 0.3) is 0 Å². The first-order valence-electron chi connectivity index (χ1n) is 1.95. The smallest absolute Gasteiger partial charge is 0.0195 e. The number of halogens is 5. The molecular formula is C4H13Cl5. The SMILES string of the molecule is CCCl.CCCl.Cl.Cl.Cl. The predicted octanol–water partition coefficient (Wildman–Crippen LogP) is 3.76. The van der Waals surface area contributed by atoms with E-state index in [2.05, 4.69) is 0 Å². The largest absolute Gasteiger partial charge is 0.147 e. The summed E-state index contributed by atoms with van der Waals surface area (Å²) in [6.45, 7) is 3.78. The van der Waals surface area contributed by atoms with Crippen LogP contribution < -0.4 is 0 Å². The molecule has 0 spiro atoms. The van der Waals surface area contributed by atoms with Gasteiger partial charge < -0.3 is 0 Å².